The molecule has 2 saturated heterocycles. The van der Waals surface area contributed by atoms with Crippen molar-refractivity contribution in [2.24, 2.45) is 0 Å². The number of piperazine rings is 1. The number of carbonyl (C=O) groups is 1. The van der Waals surface area contributed by atoms with Crippen LogP contribution in [-0.4, -0.2) is 60.0 Å². The molecule has 0 unspecified atom stereocenters. The molecule has 4 rings (SSSR count). The zero-order chi connectivity index (χ0) is 17.9. The maximum Gasteiger partial charge on any atom is 0.254 e. The van der Waals surface area contributed by atoms with Gasteiger partial charge >= 0.3 is 0 Å². The molecule has 1 amide bonds. The molecule has 0 radical (unpaired) electrons. The van der Waals surface area contributed by atoms with Gasteiger partial charge in [-0.2, -0.15) is 4.98 Å². The average molecular weight is 351 g/mol. The van der Waals surface area contributed by atoms with Gasteiger partial charge in [0.2, 0.25) is 5.95 Å². The van der Waals surface area contributed by atoms with Crippen LogP contribution in [0.15, 0.2) is 36.5 Å². The normalized spacial score (nSPS) is 17.7. The Balaban J connectivity index is 1.41. The van der Waals surface area contributed by atoms with Crippen LogP contribution in [0.2, 0.25) is 0 Å². The molecule has 26 heavy (non-hydrogen) atoms. The van der Waals surface area contributed by atoms with Gasteiger partial charge in [0.1, 0.15) is 5.82 Å². The van der Waals surface area contributed by atoms with Gasteiger partial charge in [0.05, 0.1) is 0 Å². The first-order valence-electron chi connectivity index (χ1n) is 9.40. The van der Waals surface area contributed by atoms with Crippen molar-refractivity contribution in [2.45, 2.75) is 19.8 Å². The summed E-state index contributed by atoms with van der Waals surface area (Å²) in [5.74, 6) is 1.92. The third-order valence-corrected chi connectivity index (χ3v) is 5.28. The molecule has 0 atom stereocenters. The highest BCUT2D eigenvalue weighted by Gasteiger charge is 2.24. The molecule has 1 aromatic heterocycles. The van der Waals surface area contributed by atoms with Gasteiger partial charge in [-0.25, -0.2) is 4.98 Å². The minimum Gasteiger partial charge on any atom is -0.353 e. The lowest BCUT2D eigenvalue weighted by molar-refractivity contribution is 0.0746. The van der Waals surface area contributed by atoms with Crippen molar-refractivity contribution < 1.29 is 4.79 Å². The second-order valence-corrected chi connectivity index (χ2v) is 7.00. The Morgan fingerprint density at radius 1 is 0.923 bits per heavy atom. The number of carbonyl (C=O) groups excluding carboxylic acids is 1. The maximum atomic E-state index is 12.8. The predicted octanol–water partition coefficient (Wildman–Crippen LogP) is 2.35. The highest BCUT2D eigenvalue weighted by Crippen LogP contribution is 2.20. The number of amides is 1. The van der Waals surface area contributed by atoms with Crippen LogP contribution in [0, 0.1) is 6.92 Å². The summed E-state index contributed by atoms with van der Waals surface area (Å²) in [4.78, 5) is 28.4. The Labute approximate surface area is 154 Å². The monoisotopic (exact) mass is 351 g/mol. The second-order valence-electron chi connectivity index (χ2n) is 7.00. The van der Waals surface area contributed by atoms with Gasteiger partial charge in [-0.1, -0.05) is 18.2 Å². The van der Waals surface area contributed by atoms with E-state index in [0.717, 1.165) is 62.2 Å². The van der Waals surface area contributed by atoms with E-state index in [9.17, 15) is 4.79 Å². The molecule has 3 heterocycles. The van der Waals surface area contributed by atoms with Crippen molar-refractivity contribution in [3.63, 3.8) is 0 Å². The molecule has 0 spiro atoms. The summed E-state index contributed by atoms with van der Waals surface area (Å²) in [6.45, 7) is 7.11. The van der Waals surface area contributed by atoms with Crippen molar-refractivity contribution >= 4 is 17.7 Å². The lowest BCUT2D eigenvalue weighted by Crippen LogP contribution is -2.49. The van der Waals surface area contributed by atoms with Crippen LogP contribution in [0.3, 0.4) is 0 Å². The molecule has 0 aliphatic carbocycles. The lowest BCUT2D eigenvalue weighted by Gasteiger charge is -2.35. The van der Waals surface area contributed by atoms with Crippen LogP contribution < -0.4 is 9.80 Å². The number of anilines is 2. The first kappa shape index (κ1) is 16.8. The number of aromatic nitrogens is 2. The van der Waals surface area contributed by atoms with Crippen molar-refractivity contribution in [2.75, 3.05) is 49.1 Å². The van der Waals surface area contributed by atoms with E-state index in [1.165, 1.54) is 12.8 Å². The highest BCUT2D eigenvalue weighted by atomic mass is 16.2. The first-order valence-corrected chi connectivity index (χ1v) is 9.40. The van der Waals surface area contributed by atoms with E-state index in [1.54, 1.807) is 0 Å². The molecule has 2 aromatic rings. The molecule has 2 fully saturated rings. The van der Waals surface area contributed by atoms with Gasteiger partial charge in [0.15, 0.2) is 0 Å². The van der Waals surface area contributed by atoms with Crippen molar-refractivity contribution in [1.82, 2.24) is 14.9 Å². The van der Waals surface area contributed by atoms with Gasteiger partial charge in [-0.05, 0) is 37.5 Å². The molecular formula is C20H25N5O. The average Bonchev–Trinajstić information content (AvgIpc) is 3.23. The van der Waals surface area contributed by atoms with E-state index in [-0.39, 0.29) is 5.91 Å². The summed E-state index contributed by atoms with van der Waals surface area (Å²) in [5, 5.41) is 0. The predicted molar refractivity (Wildman–Crippen MR) is 103 cm³/mol. The summed E-state index contributed by atoms with van der Waals surface area (Å²) in [6.07, 6.45) is 4.28. The number of hydrogen-bond donors (Lipinski definition) is 0. The summed E-state index contributed by atoms with van der Waals surface area (Å²) in [7, 11) is 0. The molecule has 0 N–H and O–H groups in total. The third kappa shape index (κ3) is 3.36. The van der Waals surface area contributed by atoms with E-state index >= 15 is 0 Å². The second kappa shape index (κ2) is 7.32. The Kier molecular flexibility index (Phi) is 4.73. The van der Waals surface area contributed by atoms with Crippen LogP contribution >= 0.6 is 0 Å². The van der Waals surface area contributed by atoms with Gasteiger partial charge < -0.3 is 14.7 Å². The third-order valence-electron chi connectivity index (χ3n) is 5.28. The summed E-state index contributed by atoms with van der Waals surface area (Å²) in [6, 6.07) is 9.77. The minimum atomic E-state index is 0.128. The standard InChI is InChI=1S/C20H25N5O/c1-16-6-2-3-7-17(16)19(26)24-14-12-23(13-15-24)18-8-9-21-20(22-18)25-10-4-5-11-25/h2-3,6-9H,4-5,10-15H2,1H3. The van der Waals surface area contributed by atoms with E-state index < -0.39 is 0 Å². The van der Waals surface area contributed by atoms with E-state index in [2.05, 4.69) is 14.8 Å². The van der Waals surface area contributed by atoms with Gasteiger partial charge in [0.25, 0.3) is 5.91 Å². The maximum absolute atomic E-state index is 12.8. The van der Waals surface area contributed by atoms with Crippen LogP contribution in [-0.2, 0) is 0 Å². The first-order chi connectivity index (χ1) is 12.7. The minimum absolute atomic E-state index is 0.128. The fourth-order valence-electron chi connectivity index (χ4n) is 3.71. The van der Waals surface area contributed by atoms with Crippen molar-refractivity contribution in [3.8, 4) is 0 Å². The number of benzene rings is 1. The number of hydrogen-bond acceptors (Lipinski definition) is 5. The molecular weight excluding hydrogens is 326 g/mol. The van der Waals surface area contributed by atoms with Crippen molar-refractivity contribution in [3.05, 3.63) is 47.7 Å². The number of nitrogens with zero attached hydrogens (tertiary/aromatic N) is 5. The van der Waals surface area contributed by atoms with E-state index in [1.807, 2.05) is 48.4 Å². The summed E-state index contributed by atoms with van der Waals surface area (Å²) >= 11 is 0. The van der Waals surface area contributed by atoms with Gasteiger partial charge in [-0.15, -0.1) is 0 Å². The number of aryl methyl sites for hydroxylation is 1. The van der Waals surface area contributed by atoms with Crippen molar-refractivity contribution in [1.29, 1.82) is 0 Å². The molecule has 1 aromatic carbocycles. The fraction of sp³-hybridized carbons (Fsp3) is 0.450. The van der Waals surface area contributed by atoms with Crippen LogP contribution in [0.5, 0.6) is 0 Å². The van der Waals surface area contributed by atoms with Crippen LogP contribution in [0.25, 0.3) is 0 Å². The van der Waals surface area contributed by atoms with Gasteiger partial charge in [-0.3, -0.25) is 4.79 Å². The number of rotatable bonds is 3. The van der Waals surface area contributed by atoms with Crippen LogP contribution in [0.4, 0.5) is 11.8 Å². The summed E-state index contributed by atoms with van der Waals surface area (Å²) < 4.78 is 0. The molecule has 2 aliphatic heterocycles. The molecule has 6 nitrogen and oxygen atoms in total. The lowest BCUT2D eigenvalue weighted by atomic mass is 10.1. The zero-order valence-corrected chi connectivity index (χ0v) is 15.3. The Morgan fingerprint density at radius 2 is 1.65 bits per heavy atom. The molecule has 0 bridgehead atoms. The van der Waals surface area contributed by atoms with E-state index in [0.29, 0.717) is 0 Å². The van der Waals surface area contributed by atoms with Gasteiger partial charge in [0, 0.05) is 51.0 Å². The Bertz CT molecular complexity index is 779. The summed E-state index contributed by atoms with van der Waals surface area (Å²) in [5.41, 5.74) is 1.84. The highest BCUT2D eigenvalue weighted by molar-refractivity contribution is 5.95. The Morgan fingerprint density at radius 3 is 2.38 bits per heavy atom. The molecule has 2 aliphatic rings. The topological polar surface area (TPSA) is 52.6 Å². The zero-order valence-electron chi connectivity index (χ0n) is 15.3. The fourth-order valence-corrected chi connectivity index (χ4v) is 3.71. The molecule has 0 saturated carbocycles. The smallest absolute Gasteiger partial charge is 0.254 e. The SMILES string of the molecule is Cc1ccccc1C(=O)N1CCN(c2ccnc(N3CCCC3)n2)CC1. The van der Waals surface area contributed by atoms with Crippen LogP contribution in [0.1, 0.15) is 28.8 Å². The largest absolute Gasteiger partial charge is 0.353 e. The van der Waals surface area contributed by atoms with E-state index in [4.69, 9.17) is 4.98 Å². The molecule has 6 heteroatoms. The molecule has 136 valence electrons. The Hall–Kier alpha value is -2.63. The quantitative estimate of drug-likeness (QED) is 0.850.